The van der Waals surface area contributed by atoms with Crippen LogP contribution >= 0.6 is 22.6 Å². The van der Waals surface area contributed by atoms with E-state index in [1.54, 1.807) is 0 Å². The van der Waals surface area contributed by atoms with Crippen LogP contribution in [-0.2, 0) is 0 Å². The Morgan fingerprint density at radius 3 is 2.29 bits per heavy atom. The molecule has 0 radical (unpaired) electrons. The Hall–Kier alpha value is -0.390. The highest BCUT2D eigenvalue weighted by Crippen LogP contribution is 2.22. The molecule has 0 amide bonds. The molecule has 0 fully saturated rings. The zero-order chi connectivity index (χ0) is 13.2. The van der Waals surface area contributed by atoms with Gasteiger partial charge in [0.15, 0.2) is 0 Å². The lowest BCUT2D eigenvalue weighted by Gasteiger charge is -2.15. The molecule has 1 aromatic rings. The second-order valence-corrected chi connectivity index (χ2v) is 6.41. The molecule has 0 aromatic carbocycles. The van der Waals surface area contributed by atoms with E-state index in [4.69, 9.17) is 0 Å². The third kappa shape index (κ3) is 3.79. The maximum absolute atomic E-state index is 11.9. The van der Waals surface area contributed by atoms with Crippen molar-refractivity contribution < 1.29 is 0 Å². The second kappa shape index (κ2) is 5.98. The Balaban J connectivity index is 3.14. The lowest BCUT2D eigenvalue weighted by molar-refractivity contribution is 0.503. The predicted molar refractivity (Wildman–Crippen MR) is 79.5 cm³/mol. The van der Waals surface area contributed by atoms with Gasteiger partial charge in [0.05, 0.1) is 9.26 Å². The highest BCUT2D eigenvalue weighted by atomic mass is 127. The molecule has 1 rings (SSSR count). The molecule has 3 nitrogen and oxygen atoms in total. The standard InChI is InChI=1S/C13H21IN2O/c1-7(2)6-9(5)12-15-11(8(3)4)10(14)13(17)16-12/h7-9H,6H2,1-5H3,(H,15,16,17). The van der Waals surface area contributed by atoms with Gasteiger partial charge in [-0.05, 0) is 40.8 Å². The van der Waals surface area contributed by atoms with E-state index in [1.807, 2.05) is 0 Å². The summed E-state index contributed by atoms with van der Waals surface area (Å²) in [5.41, 5.74) is 0.912. The van der Waals surface area contributed by atoms with Crippen molar-refractivity contribution in [2.45, 2.75) is 52.9 Å². The topological polar surface area (TPSA) is 45.8 Å². The fourth-order valence-corrected chi connectivity index (χ4v) is 2.81. The average molecular weight is 348 g/mol. The first-order chi connectivity index (χ1) is 7.82. The molecule has 0 bridgehead atoms. The third-order valence-corrected chi connectivity index (χ3v) is 3.79. The summed E-state index contributed by atoms with van der Waals surface area (Å²) in [7, 11) is 0. The molecule has 17 heavy (non-hydrogen) atoms. The second-order valence-electron chi connectivity index (χ2n) is 5.34. The Bertz CT molecular complexity index is 438. The zero-order valence-corrected chi connectivity index (χ0v) is 13.3. The van der Waals surface area contributed by atoms with Crippen molar-refractivity contribution in [3.8, 4) is 0 Å². The fourth-order valence-electron chi connectivity index (χ4n) is 1.93. The highest BCUT2D eigenvalue weighted by molar-refractivity contribution is 14.1. The van der Waals surface area contributed by atoms with E-state index < -0.39 is 0 Å². The first-order valence-corrected chi connectivity index (χ1v) is 7.20. The average Bonchev–Trinajstić information content (AvgIpc) is 2.20. The number of aromatic amines is 1. The van der Waals surface area contributed by atoms with Crippen LogP contribution in [0.1, 0.15) is 64.4 Å². The van der Waals surface area contributed by atoms with E-state index in [-0.39, 0.29) is 11.5 Å². The minimum Gasteiger partial charge on any atom is -0.309 e. The van der Waals surface area contributed by atoms with Crippen LogP contribution in [0.2, 0.25) is 0 Å². The number of hydrogen-bond donors (Lipinski definition) is 1. The minimum atomic E-state index is -0.00472. The van der Waals surface area contributed by atoms with Gasteiger partial charge in [-0.15, -0.1) is 0 Å². The van der Waals surface area contributed by atoms with Crippen LogP contribution in [0.4, 0.5) is 0 Å². The largest absolute Gasteiger partial charge is 0.309 e. The predicted octanol–water partition coefficient (Wildman–Crippen LogP) is 3.65. The molecule has 96 valence electrons. The van der Waals surface area contributed by atoms with Crippen molar-refractivity contribution in [1.29, 1.82) is 0 Å². The molecule has 4 heteroatoms. The highest BCUT2D eigenvalue weighted by Gasteiger charge is 2.16. The van der Waals surface area contributed by atoms with Crippen molar-refractivity contribution in [1.82, 2.24) is 9.97 Å². The van der Waals surface area contributed by atoms with Crippen LogP contribution in [0.3, 0.4) is 0 Å². The normalized spacial score (nSPS) is 13.4. The first kappa shape index (κ1) is 14.7. The van der Waals surface area contributed by atoms with Crippen molar-refractivity contribution in [3.05, 3.63) is 25.4 Å². The van der Waals surface area contributed by atoms with Gasteiger partial charge in [0.1, 0.15) is 5.82 Å². The molecule has 1 heterocycles. The van der Waals surface area contributed by atoms with E-state index in [0.717, 1.165) is 21.5 Å². The molecule has 1 aromatic heterocycles. The van der Waals surface area contributed by atoms with Crippen molar-refractivity contribution in [2.24, 2.45) is 5.92 Å². The SMILES string of the molecule is CC(C)CC(C)c1nc(C(C)C)c(I)c(=O)[nH]1. The van der Waals surface area contributed by atoms with E-state index in [0.29, 0.717) is 11.8 Å². The first-order valence-electron chi connectivity index (χ1n) is 6.12. The summed E-state index contributed by atoms with van der Waals surface area (Å²) in [6.07, 6.45) is 1.04. The van der Waals surface area contributed by atoms with E-state index >= 15 is 0 Å². The zero-order valence-electron chi connectivity index (χ0n) is 11.2. The Kier molecular flexibility index (Phi) is 5.16. The van der Waals surface area contributed by atoms with Gasteiger partial charge in [0.25, 0.3) is 5.56 Å². The molecule has 0 aliphatic heterocycles. The van der Waals surface area contributed by atoms with Crippen molar-refractivity contribution in [2.75, 3.05) is 0 Å². The lowest BCUT2D eigenvalue weighted by Crippen LogP contribution is -2.20. The summed E-state index contributed by atoms with van der Waals surface area (Å²) < 4.78 is 0.720. The van der Waals surface area contributed by atoms with Crippen LogP contribution in [0.5, 0.6) is 0 Å². The quantitative estimate of drug-likeness (QED) is 0.845. The maximum Gasteiger partial charge on any atom is 0.264 e. The maximum atomic E-state index is 11.9. The summed E-state index contributed by atoms with van der Waals surface area (Å²) >= 11 is 2.08. The smallest absolute Gasteiger partial charge is 0.264 e. The number of H-pyrrole nitrogens is 1. The van der Waals surface area contributed by atoms with Crippen molar-refractivity contribution in [3.63, 3.8) is 0 Å². The Morgan fingerprint density at radius 2 is 1.82 bits per heavy atom. The van der Waals surface area contributed by atoms with Gasteiger partial charge in [-0.1, -0.05) is 34.6 Å². The molecular formula is C13H21IN2O. The summed E-state index contributed by atoms with van der Waals surface area (Å²) in [6, 6.07) is 0. The van der Waals surface area contributed by atoms with Crippen LogP contribution in [0.15, 0.2) is 4.79 Å². The van der Waals surface area contributed by atoms with Crippen LogP contribution in [0.25, 0.3) is 0 Å². The molecule has 0 saturated carbocycles. The Morgan fingerprint density at radius 1 is 1.24 bits per heavy atom. The van der Waals surface area contributed by atoms with Gasteiger partial charge in [0.2, 0.25) is 0 Å². The summed E-state index contributed by atoms with van der Waals surface area (Å²) in [5.74, 6) is 2.02. The molecule has 0 aliphatic rings. The summed E-state index contributed by atoms with van der Waals surface area (Å²) in [5, 5.41) is 0. The van der Waals surface area contributed by atoms with Gasteiger partial charge in [-0.25, -0.2) is 4.98 Å². The number of aromatic nitrogens is 2. The van der Waals surface area contributed by atoms with E-state index in [9.17, 15) is 4.79 Å². The molecule has 1 N–H and O–H groups in total. The summed E-state index contributed by atoms with van der Waals surface area (Å²) in [6.45, 7) is 10.6. The summed E-state index contributed by atoms with van der Waals surface area (Å²) in [4.78, 5) is 19.4. The molecule has 0 spiro atoms. The van der Waals surface area contributed by atoms with Crippen molar-refractivity contribution >= 4 is 22.6 Å². The number of rotatable bonds is 4. The number of nitrogens with one attached hydrogen (secondary N) is 1. The monoisotopic (exact) mass is 348 g/mol. The number of hydrogen-bond acceptors (Lipinski definition) is 2. The molecular weight excluding hydrogens is 327 g/mol. The van der Waals surface area contributed by atoms with Gasteiger partial charge in [-0.3, -0.25) is 4.79 Å². The molecule has 0 aliphatic carbocycles. The molecule has 1 unspecified atom stereocenters. The molecule has 1 atom stereocenters. The Labute approximate surface area is 117 Å². The van der Waals surface area contributed by atoms with Gasteiger partial charge >= 0.3 is 0 Å². The van der Waals surface area contributed by atoms with Gasteiger partial charge in [-0.2, -0.15) is 0 Å². The number of nitrogens with zero attached hydrogens (tertiary/aromatic N) is 1. The third-order valence-electron chi connectivity index (χ3n) is 2.75. The lowest BCUT2D eigenvalue weighted by atomic mass is 9.98. The fraction of sp³-hybridized carbons (Fsp3) is 0.692. The van der Waals surface area contributed by atoms with Gasteiger partial charge < -0.3 is 4.98 Å². The van der Waals surface area contributed by atoms with Gasteiger partial charge in [0, 0.05) is 5.92 Å². The van der Waals surface area contributed by atoms with Crippen LogP contribution < -0.4 is 5.56 Å². The van der Waals surface area contributed by atoms with Crippen LogP contribution in [0, 0.1) is 9.49 Å². The molecule has 0 saturated heterocycles. The van der Waals surface area contributed by atoms with E-state index in [1.165, 1.54) is 0 Å². The minimum absolute atomic E-state index is 0.00472. The van der Waals surface area contributed by atoms with E-state index in [2.05, 4.69) is 67.2 Å². The number of halogens is 1. The van der Waals surface area contributed by atoms with Crippen LogP contribution in [-0.4, -0.2) is 9.97 Å².